The van der Waals surface area contributed by atoms with Gasteiger partial charge in [-0.15, -0.1) is 6.58 Å². The molecule has 1 aliphatic rings. The quantitative estimate of drug-likeness (QED) is 0.564. The fourth-order valence-corrected chi connectivity index (χ4v) is 1.43. The minimum absolute atomic E-state index is 0.106. The first-order valence-corrected chi connectivity index (χ1v) is 6.12. The summed E-state index contributed by atoms with van der Waals surface area (Å²) in [5.41, 5.74) is 0. The van der Waals surface area contributed by atoms with Crippen molar-refractivity contribution in [3.63, 3.8) is 0 Å². The van der Waals surface area contributed by atoms with Gasteiger partial charge >= 0.3 is 12.0 Å². The van der Waals surface area contributed by atoms with E-state index in [1.165, 1.54) is 6.08 Å². The molecule has 1 saturated carbocycles. The Morgan fingerprint density at radius 1 is 1.47 bits per heavy atom. The third kappa shape index (κ3) is 5.41. The van der Waals surface area contributed by atoms with E-state index in [1.54, 1.807) is 6.92 Å². The second-order valence-corrected chi connectivity index (χ2v) is 4.52. The molecule has 0 aromatic rings. The lowest BCUT2D eigenvalue weighted by Crippen LogP contribution is -2.51. The van der Waals surface area contributed by atoms with Crippen LogP contribution in [0.4, 0.5) is 4.79 Å². The molecule has 1 atom stereocenters. The topological polar surface area (TPSA) is 98.7 Å². The molecule has 0 aliphatic heterocycles. The van der Waals surface area contributed by atoms with Crippen LogP contribution in [0.5, 0.6) is 0 Å². The highest BCUT2D eigenvalue weighted by atomic mass is 16.4. The predicted octanol–water partition coefficient (Wildman–Crippen LogP) is -0.0643. The minimum Gasteiger partial charge on any atom is -0.480 e. The highest BCUT2D eigenvalue weighted by molar-refractivity contribution is 5.88. The van der Waals surface area contributed by atoms with Gasteiger partial charge < -0.3 is 20.6 Å². The van der Waals surface area contributed by atoms with Crippen LogP contribution in [0.2, 0.25) is 0 Å². The number of hydrogen-bond donors (Lipinski definition) is 3. The van der Waals surface area contributed by atoms with Crippen LogP contribution in [0.1, 0.15) is 19.8 Å². The van der Waals surface area contributed by atoms with Gasteiger partial charge in [0.15, 0.2) is 0 Å². The molecular weight excluding hydrogens is 250 g/mol. The number of nitrogens with one attached hydrogen (secondary N) is 2. The van der Waals surface area contributed by atoms with E-state index in [1.807, 2.05) is 0 Å². The molecule has 0 aromatic carbocycles. The minimum atomic E-state index is -1.12. The lowest BCUT2D eigenvalue weighted by Gasteiger charge is -2.22. The molecular formula is C12H19N3O4. The number of carbonyl (C=O) groups excluding carboxylic acids is 2. The van der Waals surface area contributed by atoms with Gasteiger partial charge in [0.2, 0.25) is 5.91 Å². The van der Waals surface area contributed by atoms with E-state index in [0.717, 1.165) is 17.7 Å². The zero-order valence-corrected chi connectivity index (χ0v) is 10.9. The second kappa shape index (κ2) is 6.77. The Labute approximate surface area is 111 Å². The van der Waals surface area contributed by atoms with Crippen molar-refractivity contribution in [1.82, 2.24) is 15.5 Å². The second-order valence-electron chi connectivity index (χ2n) is 4.52. The lowest BCUT2D eigenvalue weighted by molar-refractivity contribution is -0.137. The number of carboxylic acid groups (broad SMARTS) is 1. The van der Waals surface area contributed by atoms with Crippen molar-refractivity contribution in [2.24, 2.45) is 0 Å². The van der Waals surface area contributed by atoms with E-state index in [0.29, 0.717) is 0 Å². The molecule has 1 rings (SSSR count). The van der Waals surface area contributed by atoms with Crippen molar-refractivity contribution in [3.05, 3.63) is 12.7 Å². The highest BCUT2D eigenvalue weighted by Crippen LogP contribution is 2.18. The molecule has 3 amide bonds. The van der Waals surface area contributed by atoms with Gasteiger partial charge in [-0.05, 0) is 19.8 Å². The molecule has 3 N–H and O–H groups in total. The third-order valence-electron chi connectivity index (χ3n) is 2.62. The first-order chi connectivity index (χ1) is 8.93. The average molecular weight is 269 g/mol. The Hall–Kier alpha value is -2.05. The maximum absolute atomic E-state index is 11.8. The van der Waals surface area contributed by atoms with Crippen LogP contribution in [0, 0.1) is 0 Å². The van der Waals surface area contributed by atoms with Crippen LogP contribution >= 0.6 is 0 Å². The number of carboxylic acids is 1. The Bertz CT molecular complexity index is 379. The van der Waals surface area contributed by atoms with Crippen molar-refractivity contribution in [2.75, 3.05) is 13.1 Å². The van der Waals surface area contributed by atoms with E-state index in [9.17, 15) is 14.4 Å². The molecule has 7 heteroatoms. The molecule has 19 heavy (non-hydrogen) atoms. The zero-order chi connectivity index (χ0) is 14.4. The first-order valence-electron chi connectivity index (χ1n) is 6.12. The fraction of sp³-hybridized carbons (Fsp3) is 0.583. The summed E-state index contributed by atoms with van der Waals surface area (Å²) in [6.07, 6.45) is 3.36. The molecule has 0 saturated heterocycles. The van der Waals surface area contributed by atoms with E-state index in [4.69, 9.17) is 5.11 Å². The van der Waals surface area contributed by atoms with Crippen molar-refractivity contribution >= 4 is 17.9 Å². The largest absolute Gasteiger partial charge is 0.480 e. The van der Waals surface area contributed by atoms with Gasteiger partial charge in [0.25, 0.3) is 0 Å². The van der Waals surface area contributed by atoms with Gasteiger partial charge in [0.05, 0.1) is 0 Å². The average Bonchev–Trinajstić information content (AvgIpc) is 3.11. The van der Waals surface area contributed by atoms with Crippen molar-refractivity contribution in [3.8, 4) is 0 Å². The summed E-state index contributed by atoms with van der Waals surface area (Å²) in [6.45, 7) is 4.69. The first kappa shape index (κ1) is 15.0. The summed E-state index contributed by atoms with van der Waals surface area (Å²) in [5.74, 6) is -1.38. The number of aliphatic carboxylic acids is 1. The maximum atomic E-state index is 11.8. The molecule has 0 bridgehead atoms. The highest BCUT2D eigenvalue weighted by Gasteiger charge is 2.27. The molecule has 1 aliphatic carbocycles. The number of nitrogens with zero attached hydrogens (tertiary/aromatic N) is 1. The van der Waals surface area contributed by atoms with E-state index < -0.39 is 24.6 Å². The smallest absolute Gasteiger partial charge is 0.323 e. The number of rotatable bonds is 7. The van der Waals surface area contributed by atoms with Crippen LogP contribution in [-0.2, 0) is 9.59 Å². The Morgan fingerprint density at radius 3 is 2.58 bits per heavy atom. The predicted molar refractivity (Wildman–Crippen MR) is 68.6 cm³/mol. The number of hydrogen-bond acceptors (Lipinski definition) is 3. The fourth-order valence-electron chi connectivity index (χ4n) is 1.43. The Balaban J connectivity index is 2.46. The summed E-state index contributed by atoms with van der Waals surface area (Å²) in [6, 6.07) is -1.08. The molecule has 0 radical (unpaired) electrons. The molecule has 0 spiro atoms. The van der Waals surface area contributed by atoms with Crippen molar-refractivity contribution in [2.45, 2.75) is 31.8 Å². The standard InChI is InChI=1S/C12H19N3O4/c1-3-6-15(7-10(16)17)12(19)13-8(2)11(18)14-9-4-5-9/h3,8-9H,1,4-7H2,2H3,(H,13,19)(H,14,18)(H,16,17). The van der Waals surface area contributed by atoms with E-state index in [2.05, 4.69) is 17.2 Å². The van der Waals surface area contributed by atoms with Crippen LogP contribution in [-0.4, -0.2) is 53.1 Å². The Kier molecular flexibility index (Phi) is 5.35. The number of amides is 3. The number of urea groups is 1. The van der Waals surface area contributed by atoms with Gasteiger partial charge in [0.1, 0.15) is 12.6 Å². The van der Waals surface area contributed by atoms with E-state index in [-0.39, 0.29) is 18.5 Å². The van der Waals surface area contributed by atoms with Gasteiger partial charge in [0, 0.05) is 12.6 Å². The summed E-state index contributed by atoms with van der Waals surface area (Å²) >= 11 is 0. The Morgan fingerprint density at radius 2 is 2.11 bits per heavy atom. The molecule has 1 fully saturated rings. The van der Waals surface area contributed by atoms with Crippen LogP contribution in [0.25, 0.3) is 0 Å². The zero-order valence-electron chi connectivity index (χ0n) is 10.9. The molecule has 0 aromatic heterocycles. The van der Waals surface area contributed by atoms with Gasteiger partial charge in [-0.3, -0.25) is 9.59 Å². The van der Waals surface area contributed by atoms with E-state index >= 15 is 0 Å². The summed E-state index contributed by atoms with van der Waals surface area (Å²) in [7, 11) is 0. The van der Waals surface area contributed by atoms with Crippen LogP contribution in [0.15, 0.2) is 12.7 Å². The lowest BCUT2D eigenvalue weighted by atomic mass is 10.3. The normalized spacial score (nSPS) is 15.2. The van der Waals surface area contributed by atoms with Crippen LogP contribution < -0.4 is 10.6 Å². The molecule has 1 unspecified atom stereocenters. The SMILES string of the molecule is C=CCN(CC(=O)O)C(=O)NC(C)C(=O)NC1CC1. The monoisotopic (exact) mass is 269 g/mol. The molecule has 7 nitrogen and oxygen atoms in total. The summed E-state index contributed by atoms with van der Waals surface area (Å²) in [5, 5.41) is 13.9. The van der Waals surface area contributed by atoms with Gasteiger partial charge in [-0.25, -0.2) is 4.79 Å². The van der Waals surface area contributed by atoms with Crippen molar-refractivity contribution in [1.29, 1.82) is 0 Å². The van der Waals surface area contributed by atoms with Gasteiger partial charge in [-0.2, -0.15) is 0 Å². The van der Waals surface area contributed by atoms with Crippen LogP contribution in [0.3, 0.4) is 0 Å². The summed E-state index contributed by atoms with van der Waals surface area (Å²) in [4.78, 5) is 35.2. The molecule has 106 valence electrons. The maximum Gasteiger partial charge on any atom is 0.323 e. The number of carbonyl (C=O) groups is 3. The van der Waals surface area contributed by atoms with Crippen molar-refractivity contribution < 1.29 is 19.5 Å². The summed E-state index contributed by atoms with van der Waals surface area (Å²) < 4.78 is 0. The molecule has 0 heterocycles. The van der Waals surface area contributed by atoms with Gasteiger partial charge in [-0.1, -0.05) is 6.08 Å². The third-order valence-corrected chi connectivity index (χ3v) is 2.62.